The monoisotopic (exact) mass is 355 g/mol. The van der Waals surface area contributed by atoms with Gasteiger partial charge < -0.3 is 19.5 Å². The van der Waals surface area contributed by atoms with E-state index >= 15 is 0 Å². The van der Waals surface area contributed by atoms with Gasteiger partial charge in [0.15, 0.2) is 0 Å². The molecule has 0 saturated carbocycles. The molecule has 5 nitrogen and oxygen atoms in total. The average Bonchev–Trinajstić information content (AvgIpc) is 2.68. The van der Waals surface area contributed by atoms with Gasteiger partial charge in [0.25, 0.3) is 0 Å². The predicted molar refractivity (Wildman–Crippen MR) is 99.4 cm³/mol. The van der Waals surface area contributed by atoms with E-state index in [2.05, 4.69) is 0 Å². The van der Waals surface area contributed by atoms with Crippen LogP contribution >= 0.6 is 0 Å². The standard InChI is InChI=1S/C21H25NO4/c1-25-19-8-4-2-6-17(19)15-22(11-12-23)21(24)14-16-10-13-26-20-9-5-3-7-18(16)20/h2-9,16,23H,10-15H2,1H3. The lowest BCUT2D eigenvalue weighted by Gasteiger charge is -2.29. The molecule has 5 heteroatoms. The largest absolute Gasteiger partial charge is 0.496 e. The van der Waals surface area contributed by atoms with Crippen molar-refractivity contribution in [3.05, 3.63) is 59.7 Å². The molecule has 0 aliphatic carbocycles. The second-order valence-corrected chi connectivity index (χ2v) is 6.43. The minimum atomic E-state index is -0.0642. The van der Waals surface area contributed by atoms with Crippen molar-refractivity contribution in [1.82, 2.24) is 4.90 Å². The van der Waals surface area contributed by atoms with E-state index in [1.54, 1.807) is 12.0 Å². The molecule has 1 amide bonds. The van der Waals surface area contributed by atoms with E-state index in [1.807, 2.05) is 48.5 Å². The SMILES string of the molecule is COc1ccccc1CN(CCO)C(=O)CC1CCOc2ccccc21. The van der Waals surface area contributed by atoms with Crippen molar-refractivity contribution >= 4 is 5.91 Å². The highest BCUT2D eigenvalue weighted by molar-refractivity contribution is 5.77. The van der Waals surface area contributed by atoms with E-state index in [0.29, 0.717) is 26.1 Å². The number of benzene rings is 2. The van der Waals surface area contributed by atoms with Gasteiger partial charge in [-0.05, 0) is 30.0 Å². The molecule has 1 aliphatic heterocycles. The second-order valence-electron chi connectivity index (χ2n) is 6.43. The van der Waals surface area contributed by atoms with Crippen LogP contribution in [0.5, 0.6) is 11.5 Å². The van der Waals surface area contributed by atoms with Crippen LogP contribution in [-0.4, -0.2) is 42.8 Å². The summed E-state index contributed by atoms with van der Waals surface area (Å²) in [5.74, 6) is 1.80. The third-order valence-corrected chi connectivity index (χ3v) is 4.78. The Bertz CT molecular complexity index is 746. The fraction of sp³-hybridized carbons (Fsp3) is 0.381. The van der Waals surface area contributed by atoms with Gasteiger partial charge in [-0.1, -0.05) is 36.4 Å². The quantitative estimate of drug-likeness (QED) is 0.830. The van der Waals surface area contributed by atoms with Crippen LogP contribution in [0.15, 0.2) is 48.5 Å². The van der Waals surface area contributed by atoms with E-state index < -0.39 is 0 Å². The maximum absolute atomic E-state index is 12.9. The van der Waals surface area contributed by atoms with Gasteiger partial charge in [0, 0.05) is 25.1 Å². The zero-order valence-electron chi connectivity index (χ0n) is 15.1. The zero-order chi connectivity index (χ0) is 18.4. The topological polar surface area (TPSA) is 59.0 Å². The van der Waals surface area contributed by atoms with E-state index in [9.17, 15) is 9.90 Å². The molecule has 26 heavy (non-hydrogen) atoms. The molecule has 0 spiro atoms. The minimum Gasteiger partial charge on any atom is -0.496 e. The van der Waals surface area contributed by atoms with Crippen molar-refractivity contribution < 1.29 is 19.4 Å². The number of methoxy groups -OCH3 is 1. The lowest BCUT2D eigenvalue weighted by atomic mass is 9.90. The fourth-order valence-corrected chi connectivity index (χ4v) is 3.42. The van der Waals surface area contributed by atoms with E-state index in [-0.39, 0.29) is 18.4 Å². The molecule has 2 aromatic rings. The Morgan fingerprint density at radius 3 is 2.81 bits per heavy atom. The summed E-state index contributed by atoms with van der Waals surface area (Å²) >= 11 is 0. The zero-order valence-corrected chi connectivity index (χ0v) is 15.1. The number of carbonyl (C=O) groups is 1. The first-order valence-corrected chi connectivity index (χ1v) is 8.95. The lowest BCUT2D eigenvalue weighted by molar-refractivity contribution is -0.132. The summed E-state index contributed by atoms with van der Waals surface area (Å²) in [4.78, 5) is 14.7. The van der Waals surface area contributed by atoms with Crippen molar-refractivity contribution in [2.45, 2.75) is 25.3 Å². The Kier molecular flexibility index (Phi) is 6.12. The van der Waals surface area contributed by atoms with Crippen molar-refractivity contribution in [2.75, 3.05) is 26.9 Å². The molecule has 1 atom stereocenters. The molecule has 1 unspecified atom stereocenters. The first-order valence-electron chi connectivity index (χ1n) is 8.95. The Hall–Kier alpha value is -2.53. The van der Waals surface area contributed by atoms with Crippen LogP contribution in [0.3, 0.4) is 0 Å². The molecule has 0 radical (unpaired) electrons. The first-order chi connectivity index (χ1) is 12.7. The lowest BCUT2D eigenvalue weighted by Crippen LogP contribution is -2.34. The van der Waals surface area contributed by atoms with Crippen LogP contribution in [0, 0.1) is 0 Å². The van der Waals surface area contributed by atoms with Crippen LogP contribution in [0.25, 0.3) is 0 Å². The number of aliphatic hydroxyl groups is 1. The van der Waals surface area contributed by atoms with Crippen molar-refractivity contribution in [3.63, 3.8) is 0 Å². The maximum atomic E-state index is 12.9. The molecule has 3 rings (SSSR count). The highest BCUT2D eigenvalue weighted by Gasteiger charge is 2.26. The summed E-state index contributed by atoms with van der Waals surface area (Å²) in [6, 6.07) is 15.6. The summed E-state index contributed by atoms with van der Waals surface area (Å²) in [5.41, 5.74) is 2.03. The summed E-state index contributed by atoms with van der Waals surface area (Å²) in [7, 11) is 1.62. The third-order valence-electron chi connectivity index (χ3n) is 4.78. The van der Waals surface area contributed by atoms with Gasteiger partial charge in [0.1, 0.15) is 11.5 Å². The van der Waals surface area contributed by atoms with E-state index in [1.165, 1.54) is 0 Å². The van der Waals surface area contributed by atoms with Gasteiger partial charge >= 0.3 is 0 Å². The van der Waals surface area contributed by atoms with Crippen LogP contribution in [0.1, 0.15) is 29.9 Å². The Balaban J connectivity index is 1.73. The van der Waals surface area contributed by atoms with Crippen LogP contribution in [-0.2, 0) is 11.3 Å². The van der Waals surface area contributed by atoms with Crippen LogP contribution in [0.2, 0.25) is 0 Å². The minimum absolute atomic E-state index is 0.0339. The van der Waals surface area contributed by atoms with Crippen molar-refractivity contribution in [2.24, 2.45) is 0 Å². The molecule has 0 bridgehead atoms. The number of carbonyl (C=O) groups excluding carboxylic acids is 1. The molecule has 0 aromatic heterocycles. The number of hydrogen-bond donors (Lipinski definition) is 1. The summed E-state index contributed by atoms with van der Waals surface area (Å²) in [5, 5.41) is 9.41. The highest BCUT2D eigenvalue weighted by atomic mass is 16.5. The number of aliphatic hydroxyl groups excluding tert-OH is 1. The summed E-state index contributed by atoms with van der Waals surface area (Å²) in [6.07, 6.45) is 1.24. The molecule has 1 N–H and O–H groups in total. The fourth-order valence-electron chi connectivity index (χ4n) is 3.42. The summed E-state index contributed by atoms with van der Waals surface area (Å²) in [6.45, 7) is 1.29. The van der Waals surface area contributed by atoms with Gasteiger partial charge in [-0.2, -0.15) is 0 Å². The summed E-state index contributed by atoms with van der Waals surface area (Å²) < 4.78 is 11.1. The second kappa shape index (κ2) is 8.72. The van der Waals surface area contributed by atoms with Gasteiger partial charge in [0.2, 0.25) is 5.91 Å². The number of fused-ring (bicyclic) bond motifs is 1. The number of ether oxygens (including phenoxy) is 2. The van der Waals surface area contributed by atoms with E-state index in [0.717, 1.165) is 29.0 Å². The molecular weight excluding hydrogens is 330 g/mol. The number of rotatable bonds is 7. The van der Waals surface area contributed by atoms with Gasteiger partial charge in [0.05, 0.1) is 20.3 Å². The third kappa shape index (κ3) is 4.17. The molecule has 138 valence electrons. The molecule has 1 aliphatic rings. The average molecular weight is 355 g/mol. The first kappa shape index (κ1) is 18.3. The predicted octanol–water partition coefficient (Wildman–Crippen LogP) is 2.97. The number of nitrogens with zero attached hydrogens (tertiary/aromatic N) is 1. The Labute approximate surface area is 154 Å². The van der Waals surface area contributed by atoms with Crippen molar-refractivity contribution in [1.29, 1.82) is 0 Å². The number of amides is 1. The maximum Gasteiger partial charge on any atom is 0.223 e. The molecule has 0 fully saturated rings. The molecule has 1 heterocycles. The Morgan fingerprint density at radius 2 is 2.00 bits per heavy atom. The van der Waals surface area contributed by atoms with Crippen LogP contribution < -0.4 is 9.47 Å². The molecule has 0 saturated heterocycles. The Morgan fingerprint density at radius 1 is 1.23 bits per heavy atom. The van der Waals surface area contributed by atoms with Gasteiger partial charge in [-0.3, -0.25) is 4.79 Å². The normalized spacial score (nSPS) is 15.7. The van der Waals surface area contributed by atoms with Gasteiger partial charge in [-0.15, -0.1) is 0 Å². The highest BCUT2D eigenvalue weighted by Crippen LogP contribution is 2.36. The van der Waals surface area contributed by atoms with Gasteiger partial charge in [-0.25, -0.2) is 0 Å². The molecule has 2 aromatic carbocycles. The number of hydrogen-bond acceptors (Lipinski definition) is 4. The van der Waals surface area contributed by atoms with Crippen molar-refractivity contribution in [3.8, 4) is 11.5 Å². The smallest absolute Gasteiger partial charge is 0.223 e. The van der Waals surface area contributed by atoms with E-state index in [4.69, 9.17) is 9.47 Å². The number of para-hydroxylation sites is 2. The van der Waals surface area contributed by atoms with Crippen LogP contribution in [0.4, 0.5) is 0 Å². The molecular formula is C21H25NO4.